The van der Waals surface area contributed by atoms with Gasteiger partial charge in [0.15, 0.2) is 0 Å². The lowest BCUT2D eigenvalue weighted by atomic mass is 10.2. The molecule has 0 saturated carbocycles. The van der Waals surface area contributed by atoms with Crippen molar-refractivity contribution < 1.29 is 14.6 Å². The van der Waals surface area contributed by atoms with E-state index in [9.17, 15) is 4.79 Å². The first-order chi connectivity index (χ1) is 9.19. The summed E-state index contributed by atoms with van der Waals surface area (Å²) >= 11 is 1.70. The predicted octanol–water partition coefficient (Wildman–Crippen LogP) is 2.73. The van der Waals surface area contributed by atoms with Gasteiger partial charge >= 0.3 is 5.97 Å². The summed E-state index contributed by atoms with van der Waals surface area (Å²) in [4.78, 5) is 14.9. The highest BCUT2D eigenvalue weighted by atomic mass is 32.2. The zero-order valence-electron chi connectivity index (χ0n) is 12.0. The van der Waals surface area contributed by atoms with E-state index in [0.29, 0.717) is 19.6 Å². The molecule has 0 bridgehead atoms. The number of allylic oxidation sites excluding steroid dienone is 1. The molecule has 0 saturated heterocycles. The Balaban J connectivity index is 2.22. The molecule has 4 nitrogen and oxygen atoms in total. The molecule has 1 heterocycles. The second kappa shape index (κ2) is 9.26. The maximum Gasteiger partial charge on any atom is 0.325 e. The fourth-order valence-corrected chi connectivity index (χ4v) is 3.14. The molecule has 1 N–H and O–H groups in total. The highest BCUT2D eigenvalue weighted by Crippen LogP contribution is 2.33. The summed E-state index contributed by atoms with van der Waals surface area (Å²) in [5.74, 6) is 0.633. The molecule has 1 aliphatic heterocycles. The third kappa shape index (κ3) is 5.87. The van der Waals surface area contributed by atoms with E-state index in [1.54, 1.807) is 11.8 Å². The Morgan fingerprint density at radius 1 is 1.42 bits per heavy atom. The molecule has 5 heteroatoms. The van der Waals surface area contributed by atoms with Crippen LogP contribution in [0.4, 0.5) is 0 Å². The highest BCUT2D eigenvalue weighted by molar-refractivity contribution is 8.03. The number of thioether (sulfide) groups is 1. The molecule has 110 valence electrons. The lowest BCUT2D eigenvalue weighted by Gasteiger charge is -2.18. The van der Waals surface area contributed by atoms with Crippen LogP contribution in [0.5, 0.6) is 0 Å². The number of nitrogens with zero attached hydrogens (tertiary/aromatic N) is 1. The van der Waals surface area contributed by atoms with E-state index in [1.165, 1.54) is 17.7 Å². The van der Waals surface area contributed by atoms with E-state index in [0.717, 1.165) is 24.4 Å². The second-order valence-electron chi connectivity index (χ2n) is 4.73. The zero-order chi connectivity index (χ0) is 14.1. The number of ether oxygens (including phenoxy) is 1. The fraction of sp³-hybridized carbons (Fsp3) is 0.786. The Labute approximate surface area is 120 Å². The molecule has 0 atom stereocenters. The van der Waals surface area contributed by atoms with Gasteiger partial charge in [0.05, 0.1) is 12.5 Å². The fourth-order valence-electron chi connectivity index (χ4n) is 1.97. The summed E-state index contributed by atoms with van der Waals surface area (Å²) in [7, 11) is 0. The summed E-state index contributed by atoms with van der Waals surface area (Å²) in [6.07, 6.45) is 5.16. The molecule has 0 amide bonds. The van der Waals surface area contributed by atoms with Crippen LogP contribution in [0.1, 0.15) is 46.0 Å². The van der Waals surface area contributed by atoms with Crippen molar-refractivity contribution in [2.75, 3.05) is 25.6 Å². The minimum absolute atomic E-state index is 0.151. The van der Waals surface area contributed by atoms with Crippen molar-refractivity contribution in [3.05, 3.63) is 10.6 Å². The number of hydrogen-bond donors (Lipinski definition) is 1. The first-order valence-electron chi connectivity index (χ1n) is 7.03. The van der Waals surface area contributed by atoms with Crippen molar-refractivity contribution in [3.8, 4) is 0 Å². The number of hydrogen-bond acceptors (Lipinski definition) is 5. The Morgan fingerprint density at radius 3 is 2.89 bits per heavy atom. The number of aliphatic hydroxyl groups is 1. The summed E-state index contributed by atoms with van der Waals surface area (Å²) in [5.41, 5.74) is 1.10. The number of unbranched alkanes of at least 4 members (excludes halogenated alkanes) is 3. The van der Waals surface area contributed by atoms with Gasteiger partial charge in [0.1, 0.15) is 6.54 Å². The van der Waals surface area contributed by atoms with Crippen LogP contribution < -0.4 is 0 Å². The van der Waals surface area contributed by atoms with Crippen LogP contribution in [0.2, 0.25) is 0 Å². The monoisotopic (exact) mass is 287 g/mol. The van der Waals surface area contributed by atoms with Crippen LogP contribution in [-0.2, 0) is 9.53 Å². The maximum atomic E-state index is 11.7. The Kier molecular flexibility index (Phi) is 7.98. The first kappa shape index (κ1) is 16.4. The van der Waals surface area contributed by atoms with Gasteiger partial charge in [-0.2, -0.15) is 0 Å². The van der Waals surface area contributed by atoms with Gasteiger partial charge in [0.2, 0.25) is 0 Å². The van der Waals surface area contributed by atoms with Crippen LogP contribution in [0.3, 0.4) is 0 Å². The minimum Gasteiger partial charge on any atom is -0.464 e. The van der Waals surface area contributed by atoms with Crippen molar-refractivity contribution in [1.29, 1.82) is 0 Å². The van der Waals surface area contributed by atoms with Crippen LogP contribution in [-0.4, -0.2) is 41.6 Å². The molecule has 0 aromatic rings. The molecule has 0 aromatic heterocycles. The van der Waals surface area contributed by atoms with Crippen LogP contribution in [0.15, 0.2) is 10.6 Å². The van der Waals surface area contributed by atoms with Gasteiger partial charge in [0.25, 0.3) is 0 Å². The van der Waals surface area contributed by atoms with E-state index in [-0.39, 0.29) is 12.6 Å². The lowest BCUT2D eigenvalue weighted by molar-refractivity contribution is -0.144. The molecule has 0 unspecified atom stereocenters. The van der Waals surface area contributed by atoms with Crippen LogP contribution >= 0.6 is 11.8 Å². The van der Waals surface area contributed by atoms with Gasteiger partial charge in [-0.05, 0) is 13.3 Å². The summed E-state index contributed by atoms with van der Waals surface area (Å²) < 4.78 is 5.23. The van der Waals surface area contributed by atoms with E-state index in [4.69, 9.17) is 9.84 Å². The van der Waals surface area contributed by atoms with Crippen LogP contribution in [0, 0.1) is 0 Å². The zero-order valence-corrected chi connectivity index (χ0v) is 12.8. The number of esters is 1. The maximum absolute atomic E-state index is 11.7. The summed E-state index contributed by atoms with van der Waals surface area (Å²) in [6, 6.07) is 0. The molecule has 0 aliphatic carbocycles. The molecule has 19 heavy (non-hydrogen) atoms. The molecule has 0 fully saturated rings. The lowest BCUT2D eigenvalue weighted by Crippen LogP contribution is -2.27. The predicted molar refractivity (Wildman–Crippen MR) is 78.7 cm³/mol. The standard InChI is InChI=1S/C14H25NO3S/c1-3-4-5-6-9-18-14(17)10-15-11-19-13(7-8-16)12(15)2/h16H,3-11H2,1-2H3. The van der Waals surface area contributed by atoms with Gasteiger partial charge < -0.3 is 14.7 Å². The van der Waals surface area contributed by atoms with Crippen LogP contribution in [0.25, 0.3) is 0 Å². The van der Waals surface area contributed by atoms with Crippen molar-refractivity contribution in [1.82, 2.24) is 4.90 Å². The second-order valence-corrected chi connectivity index (χ2v) is 5.77. The first-order valence-corrected chi connectivity index (χ1v) is 8.01. The topological polar surface area (TPSA) is 49.8 Å². The highest BCUT2D eigenvalue weighted by Gasteiger charge is 2.21. The number of rotatable bonds is 9. The Morgan fingerprint density at radius 2 is 2.21 bits per heavy atom. The molecule has 1 rings (SSSR count). The number of aliphatic hydroxyl groups excluding tert-OH is 1. The van der Waals surface area contributed by atoms with E-state index < -0.39 is 0 Å². The van der Waals surface area contributed by atoms with Gasteiger partial charge in [-0.15, -0.1) is 11.8 Å². The number of carbonyl (C=O) groups is 1. The molecule has 0 spiro atoms. The molecule has 0 aromatic carbocycles. The largest absolute Gasteiger partial charge is 0.464 e. The van der Waals surface area contributed by atoms with Crippen molar-refractivity contribution >= 4 is 17.7 Å². The van der Waals surface area contributed by atoms with Gasteiger partial charge in [-0.3, -0.25) is 4.79 Å². The third-order valence-electron chi connectivity index (χ3n) is 3.19. The van der Waals surface area contributed by atoms with E-state index >= 15 is 0 Å². The SMILES string of the molecule is CCCCCCOC(=O)CN1CSC(CCO)=C1C. The van der Waals surface area contributed by atoms with Crippen molar-refractivity contribution in [2.45, 2.75) is 46.0 Å². The van der Waals surface area contributed by atoms with Gasteiger partial charge in [0, 0.05) is 23.6 Å². The van der Waals surface area contributed by atoms with E-state index in [1.807, 2.05) is 11.8 Å². The molecule has 0 radical (unpaired) electrons. The summed E-state index contributed by atoms with van der Waals surface area (Å²) in [5, 5.41) is 8.94. The Hall–Kier alpha value is -0.680. The van der Waals surface area contributed by atoms with E-state index in [2.05, 4.69) is 6.92 Å². The Bertz CT molecular complexity index is 318. The minimum atomic E-state index is -0.151. The van der Waals surface area contributed by atoms with Gasteiger partial charge in [-0.1, -0.05) is 26.2 Å². The molecule has 1 aliphatic rings. The molecular weight excluding hydrogens is 262 g/mol. The third-order valence-corrected chi connectivity index (χ3v) is 4.48. The number of carbonyl (C=O) groups excluding carboxylic acids is 1. The van der Waals surface area contributed by atoms with Gasteiger partial charge in [-0.25, -0.2) is 0 Å². The normalized spacial score (nSPS) is 15.2. The smallest absolute Gasteiger partial charge is 0.325 e. The average Bonchev–Trinajstić information content (AvgIpc) is 2.72. The average molecular weight is 287 g/mol. The quantitative estimate of drug-likeness (QED) is 0.522. The summed E-state index contributed by atoms with van der Waals surface area (Å²) in [6.45, 7) is 5.18. The molecular formula is C14H25NO3S. The van der Waals surface area contributed by atoms with Crippen molar-refractivity contribution in [3.63, 3.8) is 0 Å². The van der Waals surface area contributed by atoms with Crippen molar-refractivity contribution in [2.24, 2.45) is 0 Å².